The van der Waals surface area contributed by atoms with Crippen molar-refractivity contribution in [3.8, 4) is 5.75 Å². The van der Waals surface area contributed by atoms with Crippen molar-refractivity contribution in [3.05, 3.63) is 78.6 Å². The normalized spacial score (nSPS) is 11.1. The van der Waals surface area contributed by atoms with E-state index in [4.69, 9.17) is 4.74 Å². The molecule has 6 nitrogen and oxygen atoms in total. The average Bonchev–Trinajstić information content (AvgIpc) is 2.80. The van der Waals surface area contributed by atoms with Crippen LogP contribution >= 0.6 is 11.8 Å². The molecule has 32 heavy (non-hydrogen) atoms. The van der Waals surface area contributed by atoms with Gasteiger partial charge in [0.1, 0.15) is 18.1 Å². The zero-order valence-electron chi connectivity index (χ0n) is 17.6. The Balaban J connectivity index is 1.92. The van der Waals surface area contributed by atoms with Crippen molar-refractivity contribution in [2.45, 2.75) is 16.7 Å². The van der Waals surface area contributed by atoms with Gasteiger partial charge in [0.25, 0.3) is 10.0 Å². The lowest BCUT2D eigenvalue weighted by Crippen LogP contribution is -2.38. The number of amides is 1. The van der Waals surface area contributed by atoms with Gasteiger partial charge >= 0.3 is 0 Å². The van der Waals surface area contributed by atoms with Crippen LogP contribution in [0.1, 0.15) is 6.92 Å². The summed E-state index contributed by atoms with van der Waals surface area (Å²) in [5.41, 5.74) is 0.682. The highest BCUT2D eigenvalue weighted by Gasteiger charge is 2.27. The molecule has 0 saturated heterocycles. The van der Waals surface area contributed by atoms with Gasteiger partial charge < -0.3 is 10.1 Å². The van der Waals surface area contributed by atoms with Crippen LogP contribution in [-0.4, -0.2) is 33.7 Å². The van der Waals surface area contributed by atoms with Crippen LogP contribution < -0.4 is 14.4 Å². The summed E-state index contributed by atoms with van der Waals surface area (Å²) >= 11 is 1.50. The van der Waals surface area contributed by atoms with Crippen molar-refractivity contribution < 1.29 is 22.3 Å². The van der Waals surface area contributed by atoms with E-state index >= 15 is 0 Å². The predicted octanol–water partition coefficient (Wildman–Crippen LogP) is 4.78. The number of nitrogens with one attached hydrogen (secondary N) is 1. The Labute approximate surface area is 191 Å². The molecule has 0 heterocycles. The number of carbonyl (C=O) groups is 1. The molecule has 1 amide bonds. The third-order valence-electron chi connectivity index (χ3n) is 4.50. The molecule has 168 valence electrons. The summed E-state index contributed by atoms with van der Waals surface area (Å²) in [7, 11) is -4.04. The monoisotopic (exact) mass is 474 g/mol. The first-order valence-corrected chi connectivity index (χ1v) is 12.4. The smallest absolute Gasteiger partial charge is 0.264 e. The zero-order valence-corrected chi connectivity index (χ0v) is 19.3. The largest absolute Gasteiger partial charge is 0.494 e. The van der Waals surface area contributed by atoms with Crippen molar-refractivity contribution in [1.29, 1.82) is 0 Å². The fourth-order valence-electron chi connectivity index (χ4n) is 2.93. The van der Waals surface area contributed by atoms with E-state index in [1.807, 2.05) is 13.2 Å². The lowest BCUT2D eigenvalue weighted by molar-refractivity contribution is -0.114. The number of anilines is 2. The average molecular weight is 475 g/mol. The number of ether oxygens (including phenoxy) is 1. The third kappa shape index (κ3) is 5.80. The van der Waals surface area contributed by atoms with E-state index in [1.165, 1.54) is 48.2 Å². The molecular weight excluding hydrogens is 451 g/mol. The molecule has 0 aliphatic rings. The van der Waals surface area contributed by atoms with Crippen LogP contribution in [0.15, 0.2) is 82.6 Å². The highest BCUT2D eigenvalue weighted by atomic mass is 32.2. The minimum Gasteiger partial charge on any atom is -0.494 e. The van der Waals surface area contributed by atoms with Gasteiger partial charge in [-0.25, -0.2) is 12.8 Å². The Bertz CT molecular complexity index is 1150. The minimum absolute atomic E-state index is 0.0683. The second-order valence-electron chi connectivity index (χ2n) is 6.67. The van der Waals surface area contributed by atoms with E-state index in [9.17, 15) is 17.6 Å². The molecule has 0 unspecified atom stereocenters. The fourth-order valence-corrected chi connectivity index (χ4v) is 4.76. The molecule has 0 aromatic heterocycles. The van der Waals surface area contributed by atoms with E-state index in [1.54, 1.807) is 36.4 Å². The lowest BCUT2D eigenvalue weighted by atomic mass is 10.3. The SMILES string of the molecule is CCOc1ccc(N(CC(=O)Nc2ccc(F)cc2)S(=O)(=O)c2ccc(SC)cc2)cc1. The highest BCUT2D eigenvalue weighted by molar-refractivity contribution is 7.98. The van der Waals surface area contributed by atoms with Gasteiger partial charge in [-0.3, -0.25) is 9.10 Å². The van der Waals surface area contributed by atoms with E-state index in [2.05, 4.69) is 5.32 Å². The van der Waals surface area contributed by atoms with Gasteiger partial charge in [0.05, 0.1) is 17.2 Å². The van der Waals surface area contributed by atoms with Gasteiger partial charge in [0.2, 0.25) is 5.91 Å². The van der Waals surface area contributed by atoms with Gasteiger partial charge in [0.15, 0.2) is 0 Å². The molecule has 0 atom stereocenters. The van der Waals surface area contributed by atoms with Gasteiger partial charge in [-0.05, 0) is 86.0 Å². The molecule has 1 N–H and O–H groups in total. The maximum absolute atomic E-state index is 13.4. The Morgan fingerprint density at radius 1 is 1.00 bits per heavy atom. The number of benzene rings is 3. The molecule has 0 bridgehead atoms. The van der Waals surface area contributed by atoms with E-state index in [0.29, 0.717) is 23.7 Å². The van der Waals surface area contributed by atoms with Crippen molar-refractivity contribution in [1.82, 2.24) is 0 Å². The molecule has 0 aliphatic carbocycles. The van der Waals surface area contributed by atoms with E-state index in [-0.39, 0.29) is 4.90 Å². The van der Waals surface area contributed by atoms with Crippen LogP contribution in [0.3, 0.4) is 0 Å². The van der Waals surface area contributed by atoms with Crippen molar-refractivity contribution in [2.24, 2.45) is 0 Å². The highest BCUT2D eigenvalue weighted by Crippen LogP contribution is 2.27. The molecule has 3 rings (SSSR count). The third-order valence-corrected chi connectivity index (χ3v) is 7.03. The molecule has 0 spiro atoms. The van der Waals surface area contributed by atoms with Crippen LogP contribution in [-0.2, 0) is 14.8 Å². The molecule has 3 aromatic rings. The number of hydrogen-bond acceptors (Lipinski definition) is 5. The second-order valence-corrected chi connectivity index (χ2v) is 9.41. The molecular formula is C23H23FN2O4S2. The first-order valence-electron chi connectivity index (χ1n) is 9.78. The Morgan fingerprint density at radius 2 is 1.62 bits per heavy atom. The topological polar surface area (TPSA) is 75.7 Å². The van der Waals surface area contributed by atoms with Crippen molar-refractivity contribution in [3.63, 3.8) is 0 Å². The summed E-state index contributed by atoms with van der Waals surface area (Å²) in [5, 5.41) is 2.60. The molecule has 3 aromatic carbocycles. The molecule has 0 aliphatic heterocycles. The number of hydrogen-bond donors (Lipinski definition) is 1. The number of sulfonamides is 1. The standard InChI is InChI=1S/C23H23FN2O4S2/c1-3-30-20-10-8-19(9-11-20)26(16-23(27)25-18-6-4-17(24)5-7-18)32(28,29)22-14-12-21(31-2)13-15-22/h4-15H,3,16H2,1-2H3,(H,25,27). The Hall–Kier alpha value is -3.04. The number of thioether (sulfide) groups is 1. The molecule has 0 saturated carbocycles. The molecule has 0 fully saturated rings. The Kier molecular flexibility index (Phi) is 7.76. The quantitative estimate of drug-likeness (QED) is 0.452. The fraction of sp³-hybridized carbons (Fsp3) is 0.174. The first-order chi connectivity index (χ1) is 15.3. The number of carbonyl (C=O) groups excluding carboxylic acids is 1. The van der Waals surface area contributed by atoms with Gasteiger partial charge in [-0.2, -0.15) is 0 Å². The minimum atomic E-state index is -4.04. The predicted molar refractivity (Wildman–Crippen MR) is 125 cm³/mol. The van der Waals surface area contributed by atoms with E-state index in [0.717, 1.165) is 9.20 Å². The summed E-state index contributed by atoms with van der Waals surface area (Å²) in [4.78, 5) is 13.7. The van der Waals surface area contributed by atoms with Gasteiger partial charge in [0, 0.05) is 10.6 Å². The maximum Gasteiger partial charge on any atom is 0.264 e. The van der Waals surface area contributed by atoms with Crippen LogP contribution in [0.2, 0.25) is 0 Å². The first kappa shape index (κ1) is 23.6. The number of halogens is 1. The van der Waals surface area contributed by atoms with Crippen LogP contribution in [0.5, 0.6) is 5.75 Å². The van der Waals surface area contributed by atoms with Crippen LogP contribution in [0, 0.1) is 5.82 Å². The van der Waals surface area contributed by atoms with Crippen molar-refractivity contribution in [2.75, 3.05) is 29.0 Å². The van der Waals surface area contributed by atoms with E-state index < -0.39 is 28.3 Å². The zero-order chi connectivity index (χ0) is 23.1. The number of nitrogens with zero attached hydrogens (tertiary/aromatic N) is 1. The van der Waals surface area contributed by atoms with Crippen LogP contribution in [0.4, 0.5) is 15.8 Å². The summed E-state index contributed by atoms with van der Waals surface area (Å²) in [6.07, 6.45) is 1.90. The summed E-state index contributed by atoms with van der Waals surface area (Å²) < 4.78 is 46.5. The summed E-state index contributed by atoms with van der Waals surface area (Å²) in [6.45, 7) is 1.86. The summed E-state index contributed by atoms with van der Waals surface area (Å²) in [6, 6.07) is 18.2. The van der Waals surface area contributed by atoms with Crippen molar-refractivity contribution >= 4 is 39.1 Å². The lowest BCUT2D eigenvalue weighted by Gasteiger charge is -2.24. The Morgan fingerprint density at radius 3 is 2.19 bits per heavy atom. The van der Waals surface area contributed by atoms with Gasteiger partial charge in [-0.1, -0.05) is 0 Å². The summed E-state index contributed by atoms with van der Waals surface area (Å²) in [5.74, 6) is -0.404. The van der Waals surface area contributed by atoms with Crippen LogP contribution in [0.25, 0.3) is 0 Å². The molecule has 0 radical (unpaired) electrons. The maximum atomic E-state index is 13.4. The second kappa shape index (κ2) is 10.5. The van der Waals surface area contributed by atoms with Gasteiger partial charge in [-0.15, -0.1) is 11.8 Å². The molecule has 9 heteroatoms. The number of rotatable bonds is 9.